The van der Waals surface area contributed by atoms with Crippen molar-refractivity contribution in [1.29, 1.82) is 0 Å². The topological polar surface area (TPSA) is 78.9 Å². The maximum atomic E-state index is 12.3. The van der Waals surface area contributed by atoms with Crippen molar-refractivity contribution in [3.63, 3.8) is 0 Å². The lowest BCUT2D eigenvalue weighted by Gasteiger charge is -2.62. The Morgan fingerprint density at radius 1 is 0.842 bits per heavy atom. The van der Waals surface area contributed by atoms with Crippen LogP contribution in [0.1, 0.15) is 112 Å². The van der Waals surface area contributed by atoms with Crippen molar-refractivity contribution in [3.05, 3.63) is 0 Å². The highest BCUT2D eigenvalue weighted by Gasteiger charge is 2.63. The van der Waals surface area contributed by atoms with Crippen LogP contribution in [0.15, 0.2) is 0 Å². The number of carbonyl (C=O) groups is 3. The third-order valence-electron chi connectivity index (χ3n) is 11.9. The minimum absolute atomic E-state index is 0.00688. The van der Waals surface area contributed by atoms with Crippen LogP contribution in [0.4, 0.5) is 0 Å². The van der Waals surface area contributed by atoms with Gasteiger partial charge in [0.15, 0.2) is 0 Å². The molecule has 0 bridgehead atoms. The fourth-order valence-corrected chi connectivity index (χ4v) is 10.1. The Morgan fingerprint density at radius 3 is 2.16 bits per heavy atom. The molecule has 4 aliphatic rings. The minimum atomic E-state index is -0.192. The zero-order valence-electron chi connectivity index (χ0n) is 24.9. The fraction of sp³-hybridized carbons (Fsp3) is 0.906. The number of ether oxygens (including phenoxy) is 3. The van der Waals surface area contributed by atoms with Gasteiger partial charge in [-0.3, -0.25) is 14.4 Å². The van der Waals surface area contributed by atoms with Crippen molar-refractivity contribution in [2.75, 3.05) is 7.11 Å². The molecule has 4 aliphatic carbocycles. The highest BCUT2D eigenvalue weighted by Crippen LogP contribution is 2.68. The van der Waals surface area contributed by atoms with Crippen molar-refractivity contribution in [3.8, 4) is 0 Å². The summed E-state index contributed by atoms with van der Waals surface area (Å²) in [4.78, 5) is 35.8. The van der Waals surface area contributed by atoms with Gasteiger partial charge in [0, 0.05) is 19.8 Å². The predicted molar refractivity (Wildman–Crippen MR) is 146 cm³/mol. The van der Waals surface area contributed by atoms with Gasteiger partial charge in [-0.2, -0.15) is 0 Å². The average Bonchev–Trinajstić information content (AvgIpc) is 3.20. The van der Waals surface area contributed by atoms with Gasteiger partial charge in [-0.25, -0.2) is 0 Å². The highest BCUT2D eigenvalue weighted by molar-refractivity contribution is 5.71. The molecular weight excluding hydrogens is 480 g/mol. The minimum Gasteiger partial charge on any atom is -0.469 e. The number of carbonyl (C=O) groups excluding carboxylic acids is 3. The van der Waals surface area contributed by atoms with E-state index in [0.29, 0.717) is 35.5 Å². The summed E-state index contributed by atoms with van der Waals surface area (Å²) < 4.78 is 16.7. The van der Waals surface area contributed by atoms with E-state index in [1.54, 1.807) is 6.92 Å². The van der Waals surface area contributed by atoms with Crippen LogP contribution in [-0.4, -0.2) is 37.2 Å². The number of fused-ring (bicyclic) bond motifs is 5. The first-order valence-corrected chi connectivity index (χ1v) is 15.3. The molecule has 0 aliphatic heterocycles. The van der Waals surface area contributed by atoms with E-state index in [9.17, 15) is 14.4 Å². The molecule has 0 aromatic rings. The zero-order valence-corrected chi connectivity index (χ0v) is 24.9. The lowest BCUT2D eigenvalue weighted by atomic mass is 9.43. The summed E-state index contributed by atoms with van der Waals surface area (Å²) in [5.74, 6) is 2.76. The first-order valence-electron chi connectivity index (χ1n) is 15.3. The highest BCUT2D eigenvalue weighted by atomic mass is 16.5. The molecule has 0 aromatic heterocycles. The van der Waals surface area contributed by atoms with Crippen LogP contribution in [0.3, 0.4) is 0 Å². The van der Waals surface area contributed by atoms with Gasteiger partial charge in [0.05, 0.1) is 13.0 Å². The summed E-state index contributed by atoms with van der Waals surface area (Å²) in [6.07, 6.45) is 11.8. The van der Waals surface area contributed by atoms with Crippen LogP contribution in [0.5, 0.6) is 0 Å². The van der Waals surface area contributed by atoms with Gasteiger partial charge < -0.3 is 14.2 Å². The second-order valence-corrected chi connectivity index (χ2v) is 13.9. The second-order valence-electron chi connectivity index (χ2n) is 13.9. The maximum absolute atomic E-state index is 12.3. The van der Waals surface area contributed by atoms with Crippen LogP contribution in [0.2, 0.25) is 0 Å². The van der Waals surface area contributed by atoms with E-state index < -0.39 is 0 Å². The van der Waals surface area contributed by atoms with E-state index in [0.717, 1.165) is 44.9 Å². The summed E-state index contributed by atoms with van der Waals surface area (Å²) in [7, 11) is 1.47. The smallest absolute Gasteiger partial charge is 0.308 e. The Bertz CT molecular complexity index is 885. The van der Waals surface area contributed by atoms with Crippen LogP contribution >= 0.6 is 0 Å². The number of esters is 3. The molecule has 38 heavy (non-hydrogen) atoms. The SMILES string of the molecule is COC(=O)C(C)CCCC(C)C1CCC2C3C(OC(C)=O)CC4CC(OC(C)=O)CCC4(C)C3CCC12C. The van der Waals surface area contributed by atoms with E-state index in [1.165, 1.54) is 39.7 Å². The molecule has 4 fully saturated rings. The van der Waals surface area contributed by atoms with Crippen LogP contribution in [0.25, 0.3) is 0 Å². The molecule has 0 N–H and O–H groups in total. The van der Waals surface area contributed by atoms with Crippen LogP contribution in [-0.2, 0) is 28.6 Å². The number of hydrogen-bond acceptors (Lipinski definition) is 6. The van der Waals surface area contributed by atoms with E-state index in [4.69, 9.17) is 14.2 Å². The standard InChI is InChI=1S/C32H52O6/c1-19(9-8-10-20(2)30(35)36-7)25-11-12-26-29-27(14-16-32(25,26)6)31(5)15-13-24(37-21(3)33)17-23(31)18-28(29)38-22(4)34/h19-20,23-29H,8-18H2,1-7H3. The van der Waals surface area contributed by atoms with Gasteiger partial charge in [-0.05, 0) is 98.2 Å². The van der Waals surface area contributed by atoms with Crippen molar-refractivity contribution in [2.24, 2.45) is 52.3 Å². The molecular formula is C32H52O6. The van der Waals surface area contributed by atoms with Crippen molar-refractivity contribution >= 4 is 17.9 Å². The largest absolute Gasteiger partial charge is 0.469 e. The van der Waals surface area contributed by atoms with E-state index in [1.807, 2.05) is 6.92 Å². The fourth-order valence-electron chi connectivity index (χ4n) is 10.1. The molecule has 0 heterocycles. The second kappa shape index (κ2) is 11.5. The van der Waals surface area contributed by atoms with Gasteiger partial charge in [0.1, 0.15) is 12.2 Å². The summed E-state index contributed by atoms with van der Waals surface area (Å²) in [6, 6.07) is 0. The summed E-state index contributed by atoms with van der Waals surface area (Å²) in [6.45, 7) is 12.5. The Hall–Kier alpha value is -1.59. The molecule has 0 radical (unpaired) electrons. The lowest BCUT2D eigenvalue weighted by Crippen LogP contribution is -2.59. The first kappa shape index (κ1) is 29.4. The third-order valence-corrected chi connectivity index (χ3v) is 11.9. The third kappa shape index (κ3) is 5.52. The lowest BCUT2D eigenvalue weighted by molar-refractivity contribution is -0.197. The molecule has 0 spiro atoms. The quantitative estimate of drug-likeness (QED) is 0.255. The van der Waals surface area contributed by atoms with Gasteiger partial charge in [-0.15, -0.1) is 0 Å². The monoisotopic (exact) mass is 532 g/mol. The molecule has 11 atom stereocenters. The van der Waals surface area contributed by atoms with Crippen molar-refractivity contribution in [1.82, 2.24) is 0 Å². The van der Waals surface area contributed by atoms with Gasteiger partial charge in [0.2, 0.25) is 0 Å². The van der Waals surface area contributed by atoms with Gasteiger partial charge in [-0.1, -0.05) is 40.5 Å². The molecule has 0 saturated heterocycles. The molecule has 6 nitrogen and oxygen atoms in total. The Balaban J connectivity index is 1.50. The number of methoxy groups -OCH3 is 1. The zero-order chi connectivity index (χ0) is 27.8. The summed E-state index contributed by atoms with van der Waals surface area (Å²) >= 11 is 0. The molecule has 4 rings (SSSR count). The van der Waals surface area contributed by atoms with E-state index in [-0.39, 0.29) is 46.9 Å². The number of rotatable bonds is 8. The van der Waals surface area contributed by atoms with Gasteiger partial charge >= 0.3 is 17.9 Å². The molecule has 11 unspecified atom stereocenters. The van der Waals surface area contributed by atoms with Crippen molar-refractivity contribution in [2.45, 2.75) is 124 Å². The summed E-state index contributed by atoms with van der Waals surface area (Å²) in [5.41, 5.74) is 0.484. The Morgan fingerprint density at radius 2 is 1.50 bits per heavy atom. The molecule has 0 aromatic carbocycles. The van der Waals surface area contributed by atoms with E-state index in [2.05, 4.69) is 20.8 Å². The van der Waals surface area contributed by atoms with Crippen molar-refractivity contribution < 1.29 is 28.6 Å². The molecule has 4 saturated carbocycles. The van der Waals surface area contributed by atoms with Gasteiger partial charge in [0.25, 0.3) is 0 Å². The van der Waals surface area contributed by atoms with E-state index >= 15 is 0 Å². The molecule has 216 valence electrons. The predicted octanol–water partition coefficient (Wildman–Crippen LogP) is 6.73. The normalized spacial score (nSPS) is 41.6. The average molecular weight is 533 g/mol. The van der Waals surface area contributed by atoms with Crippen LogP contribution in [0, 0.1) is 52.3 Å². The maximum Gasteiger partial charge on any atom is 0.308 e. The number of hydrogen-bond donors (Lipinski definition) is 0. The van der Waals surface area contributed by atoms with Crippen LogP contribution < -0.4 is 0 Å². The summed E-state index contributed by atoms with van der Waals surface area (Å²) in [5, 5.41) is 0. The molecule has 6 heteroatoms. The molecule has 0 amide bonds. The Labute approximate surface area is 230 Å². The first-order chi connectivity index (χ1) is 17.9. The Kier molecular flexibility index (Phi) is 8.89.